The van der Waals surface area contributed by atoms with Crippen LogP contribution in [0.15, 0.2) is 5.38 Å². The van der Waals surface area contributed by atoms with Gasteiger partial charge < -0.3 is 10.2 Å². The SMILES string of the molecule is CN1C(=O)C(CC(=O)NCc2nc(C(C)(C)C)cs2)N(C)C1=O. The molecule has 0 radical (unpaired) electrons. The number of hydrogen-bond donors (Lipinski definition) is 1. The Balaban J connectivity index is 1.90. The molecule has 7 nitrogen and oxygen atoms in total. The normalized spacial score (nSPS) is 18.7. The Bertz CT molecular complexity index is 635. The molecule has 1 aromatic heterocycles. The molecule has 1 atom stereocenters. The summed E-state index contributed by atoms with van der Waals surface area (Å²) >= 11 is 1.50. The van der Waals surface area contributed by atoms with Gasteiger partial charge in [0.15, 0.2) is 0 Å². The van der Waals surface area contributed by atoms with Crippen molar-refractivity contribution in [2.75, 3.05) is 14.1 Å². The van der Waals surface area contributed by atoms with Crippen LogP contribution < -0.4 is 5.32 Å². The van der Waals surface area contributed by atoms with Crippen molar-refractivity contribution in [1.82, 2.24) is 20.1 Å². The Morgan fingerprint density at radius 2 is 2.00 bits per heavy atom. The molecule has 1 saturated heterocycles. The zero-order valence-electron chi connectivity index (χ0n) is 14.0. The lowest BCUT2D eigenvalue weighted by atomic mass is 9.93. The number of thiazole rings is 1. The highest BCUT2D eigenvalue weighted by atomic mass is 32.1. The molecule has 1 N–H and O–H groups in total. The first kappa shape index (κ1) is 17.4. The number of urea groups is 1. The first-order valence-electron chi connectivity index (χ1n) is 7.37. The quantitative estimate of drug-likeness (QED) is 0.840. The average Bonchev–Trinajstić information content (AvgIpc) is 3.02. The van der Waals surface area contributed by atoms with Crippen LogP contribution in [0.1, 0.15) is 37.9 Å². The molecule has 4 amide bonds. The summed E-state index contributed by atoms with van der Waals surface area (Å²) in [4.78, 5) is 42.5. The number of rotatable bonds is 4. The molecule has 8 heteroatoms. The highest BCUT2D eigenvalue weighted by Gasteiger charge is 2.41. The Morgan fingerprint density at radius 3 is 2.48 bits per heavy atom. The number of carbonyl (C=O) groups excluding carboxylic acids is 3. The van der Waals surface area contributed by atoms with E-state index >= 15 is 0 Å². The predicted molar refractivity (Wildman–Crippen MR) is 87.0 cm³/mol. The maximum atomic E-state index is 12.0. The molecule has 1 aliphatic heterocycles. The summed E-state index contributed by atoms with van der Waals surface area (Å²) in [6.07, 6.45) is -0.0388. The zero-order chi connectivity index (χ0) is 17.4. The van der Waals surface area contributed by atoms with Gasteiger partial charge in [-0.15, -0.1) is 11.3 Å². The van der Waals surface area contributed by atoms with Crippen LogP contribution in [-0.2, 0) is 21.5 Å². The maximum absolute atomic E-state index is 12.0. The van der Waals surface area contributed by atoms with Crippen molar-refractivity contribution in [2.24, 2.45) is 0 Å². The fraction of sp³-hybridized carbons (Fsp3) is 0.600. The number of amides is 4. The van der Waals surface area contributed by atoms with Gasteiger partial charge in [-0.1, -0.05) is 20.8 Å². The average molecular weight is 338 g/mol. The summed E-state index contributed by atoms with van der Waals surface area (Å²) < 4.78 is 0. The van der Waals surface area contributed by atoms with Crippen molar-refractivity contribution >= 4 is 29.2 Å². The van der Waals surface area contributed by atoms with E-state index in [4.69, 9.17) is 0 Å². The minimum Gasteiger partial charge on any atom is -0.350 e. The van der Waals surface area contributed by atoms with Crippen LogP contribution >= 0.6 is 11.3 Å². The highest BCUT2D eigenvalue weighted by molar-refractivity contribution is 7.09. The van der Waals surface area contributed by atoms with Gasteiger partial charge >= 0.3 is 6.03 Å². The minimum absolute atomic E-state index is 0.0251. The smallest absolute Gasteiger partial charge is 0.326 e. The molecule has 0 saturated carbocycles. The zero-order valence-corrected chi connectivity index (χ0v) is 14.9. The van der Waals surface area contributed by atoms with Gasteiger partial charge in [-0.25, -0.2) is 9.78 Å². The van der Waals surface area contributed by atoms with Crippen LogP contribution in [0, 0.1) is 0 Å². The second-order valence-corrected chi connectivity index (χ2v) is 7.61. The lowest BCUT2D eigenvalue weighted by molar-refractivity contribution is -0.131. The highest BCUT2D eigenvalue weighted by Crippen LogP contribution is 2.23. The van der Waals surface area contributed by atoms with Crippen molar-refractivity contribution in [2.45, 2.75) is 45.2 Å². The van der Waals surface area contributed by atoms with Crippen molar-refractivity contribution in [3.63, 3.8) is 0 Å². The Labute approximate surface area is 139 Å². The van der Waals surface area contributed by atoms with Gasteiger partial charge in [0, 0.05) is 24.9 Å². The third kappa shape index (κ3) is 3.69. The fourth-order valence-electron chi connectivity index (χ4n) is 2.24. The summed E-state index contributed by atoms with van der Waals surface area (Å²) in [6, 6.07) is -1.11. The molecule has 126 valence electrons. The fourth-order valence-corrected chi connectivity index (χ4v) is 3.20. The van der Waals surface area contributed by atoms with Crippen molar-refractivity contribution < 1.29 is 14.4 Å². The van der Waals surface area contributed by atoms with Crippen LogP contribution in [0.4, 0.5) is 4.79 Å². The minimum atomic E-state index is -0.728. The van der Waals surface area contributed by atoms with Crippen LogP contribution in [0.25, 0.3) is 0 Å². The predicted octanol–water partition coefficient (Wildman–Crippen LogP) is 1.34. The lowest BCUT2D eigenvalue weighted by Crippen LogP contribution is -2.37. The van der Waals surface area contributed by atoms with Gasteiger partial charge in [0.05, 0.1) is 18.7 Å². The molecule has 1 unspecified atom stereocenters. The van der Waals surface area contributed by atoms with Crippen molar-refractivity contribution in [1.29, 1.82) is 0 Å². The van der Waals surface area contributed by atoms with E-state index in [9.17, 15) is 14.4 Å². The lowest BCUT2D eigenvalue weighted by Gasteiger charge is -2.15. The number of carbonyl (C=O) groups is 3. The van der Waals surface area contributed by atoms with Crippen LogP contribution in [-0.4, -0.2) is 52.8 Å². The van der Waals surface area contributed by atoms with Gasteiger partial charge in [-0.05, 0) is 0 Å². The van der Waals surface area contributed by atoms with Crippen molar-refractivity contribution in [3.05, 3.63) is 16.1 Å². The van der Waals surface area contributed by atoms with Gasteiger partial charge in [-0.2, -0.15) is 0 Å². The number of nitrogens with one attached hydrogen (secondary N) is 1. The van der Waals surface area contributed by atoms with E-state index in [-0.39, 0.29) is 29.7 Å². The van der Waals surface area contributed by atoms with E-state index in [1.54, 1.807) is 0 Å². The number of imide groups is 1. The molecule has 0 spiro atoms. The molecule has 1 fully saturated rings. The molecular formula is C15H22N4O3S. The topological polar surface area (TPSA) is 82.6 Å². The van der Waals surface area contributed by atoms with Gasteiger partial charge in [0.2, 0.25) is 5.91 Å². The molecule has 0 bridgehead atoms. The van der Waals surface area contributed by atoms with E-state index in [0.717, 1.165) is 15.6 Å². The van der Waals surface area contributed by atoms with E-state index in [1.165, 1.54) is 30.3 Å². The molecule has 1 aliphatic rings. The molecule has 2 heterocycles. The Morgan fingerprint density at radius 1 is 1.35 bits per heavy atom. The van der Waals surface area contributed by atoms with E-state index in [2.05, 4.69) is 31.1 Å². The number of hydrogen-bond acceptors (Lipinski definition) is 5. The second kappa shape index (κ2) is 6.27. The monoisotopic (exact) mass is 338 g/mol. The van der Waals surface area contributed by atoms with E-state index in [0.29, 0.717) is 6.54 Å². The number of nitrogens with zero attached hydrogens (tertiary/aromatic N) is 3. The van der Waals surface area contributed by atoms with Gasteiger partial charge in [-0.3, -0.25) is 14.5 Å². The number of aromatic nitrogens is 1. The first-order valence-corrected chi connectivity index (χ1v) is 8.25. The van der Waals surface area contributed by atoms with Gasteiger partial charge in [0.25, 0.3) is 5.91 Å². The summed E-state index contributed by atoms with van der Waals surface area (Å²) in [5.41, 5.74) is 0.965. The first-order chi connectivity index (χ1) is 10.6. The third-order valence-corrected chi connectivity index (χ3v) is 4.66. The summed E-state index contributed by atoms with van der Waals surface area (Å²) in [5.74, 6) is -0.622. The van der Waals surface area contributed by atoms with E-state index < -0.39 is 6.04 Å². The molecule has 1 aromatic rings. The van der Waals surface area contributed by atoms with E-state index in [1.807, 2.05) is 5.38 Å². The summed E-state index contributed by atoms with van der Waals surface area (Å²) in [7, 11) is 2.95. The van der Waals surface area contributed by atoms with Crippen LogP contribution in [0.5, 0.6) is 0 Å². The largest absolute Gasteiger partial charge is 0.350 e. The van der Waals surface area contributed by atoms with Crippen LogP contribution in [0.2, 0.25) is 0 Å². The molecule has 23 heavy (non-hydrogen) atoms. The van der Waals surface area contributed by atoms with Gasteiger partial charge in [0.1, 0.15) is 11.0 Å². The molecular weight excluding hydrogens is 316 g/mol. The second-order valence-electron chi connectivity index (χ2n) is 6.66. The summed E-state index contributed by atoms with van der Waals surface area (Å²) in [5, 5.41) is 5.57. The molecule has 0 aromatic carbocycles. The standard InChI is InChI=1S/C15H22N4O3S/c1-15(2,3)10-8-23-12(17-10)7-16-11(20)6-9-13(21)19(5)14(22)18(9)4/h8-9H,6-7H2,1-5H3,(H,16,20). The maximum Gasteiger partial charge on any atom is 0.326 e. The number of likely N-dealkylation sites (N-methyl/N-ethyl adjacent to an activating group) is 2. The summed E-state index contributed by atoms with van der Waals surface area (Å²) in [6.45, 7) is 6.58. The molecule has 0 aliphatic carbocycles. The van der Waals surface area contributed by atoms with Crippen LogP contribution in [0.3, 0.4) is 0 Å². The third-order valence-electron chi connectivity index (χ3n) is 3.81. The van der Waals surface area contributed by atoms with Crippen molar-refractivity contribution in [3.8, 4) is 0 Å². The Hall–Kier alpha value is -1.96. The Kier molecular flexibility index (Phi) is 4.74. The molecule has 2 rings (SSSR count).